The van der Waals surface area contributed by atoms with Gasteiger partial charge in [0.15, 0.2) is 0 Å². The van der Waals surface area contributed by atoms with Crippen molar-refractivity contribution in [3.05, 3.63) is 78.4 Å². The summed E-state index contributed by atoms with van der Waals surface area (Å²) in [7, 11) is 0. The standard InChI is InChI=1S/C19H19N5O2/c1-15(17-7-9-18(10-8-17)24-14-20-13-21-24)22-23-19(25)12-26-11-16-5-3-2-4-6-16/h2-10,13-14H,11-12H2,1H3,(H,23,25)/b22-15+. The van der Waals surface area contributed by atoms with E-state index in [1.807, 2.05) is 61.5 Å². The first kappa shape index (κ1) is 17.5. The van der Waals surface area contributed by atoms with Crippen molar-refractivity contribution in [3.8, 4) is 5.69 Å². The highest BCUT2D eigenvalue weighted by molar-refractivity contribution is 5.99. The minimum Gasteiger partial charge on any atom is -0.367 e. The number of carbonyl (C=O) groups excluding carboxylic acids is 1. The number of carbonyl (C=O) groups is 1. The van der Waals surface area contributed by atoms with Crippen LogP contribution in [0.2, 0.25) is 0 Å². The van der Waals surface area contributed by atoms with Gasteiger partial charge in [-0.05, 0) is 30.2 Å². The summed E-state index contributed by atoms with van der Waals surface area (Å²) in [6.45, 7) is 2.17. The summed E-state index contributed by atoms with van der Waals surface area (Å²) in [5, 5.41) is 8.19. The van der Waals surface area contributed by atoms with Crippen molar-refractivity contribution >= 4 is 11.6 Å². The fraction of sp³-hybridized carbons (Fsp3) is 0.158. The van der Waals surface area contributed by atoms with E-state index in [1.165, 1.54) is 6.33 Å². The minimum atomic E-state index is -0.292. The van der Waals surface area contributed by atoms with Gasteiger partial charge >= 0.3 is 0 Å². The Kier molecular flexibility index (Phi) is 5.84. The van der Waals surface area contributed by atoms with E-state index in [1.54, 1.807) is 11.0 Å². The van der Waals surface area contributed by atoms with Gasteiger partial charge in [0.2, 0.25) is 0 Å². The molecule has 2 aromatic carbocycles. The minimum absolute atomic E-state index is 0.0447. The van der Waals surface area contributed by atoms with Crippen LogP contribution in [0.3, 0.4) is 0 Å². The van der Waals surface area contributed by atoms with Gasteiger partial charge in [-0.1, -0.05) is 42.5 Å². The zero-order chi connectivity index (χ0) is 18.2. The van der Waals surface area contributed by atoms with Crippen molar-refractivity contribution in [2.75, 3.05) is 6.61 Å². The van der Waals surface area contributed by atoms with Crippen molar-refractivity contribution in [3.63, 3.8) is 0 Å². The van der Waals surface area contributed by atoms with Gasteiger partial charge in [0.05, 0.1) is 18.0 Å². The number of benzene rings is 2. The first-order valence-corrected chi connectivity index (χ1v) is 8.12. The molecule has 1 aromatic heterocycles. The lowest BCUT2D eigenvalue weighted by molar-refractivity contribution is -0.126. The third-order valence-corrected chi connectivity index (χ3v) is 3.66. The molecule has 7 nitrogen and oxygen atoms in total. The smallest absolute Gasteiger partial charge is 0.266 e. The van der Waals surface area contributed by atoms with Gasteiger partial charge in [-0.25, -0.2) is 15.1 Å². The molecule has 0 bridgehead atoms. The summed E-state index contributed by atoms with van der Waals surface area (Å²) in [6.07, 6.45) is 3.11. The van der Waals surface area contributed by atoms with Crippen LogP contribution in [0.25, 0.3) is 5.69 Å². The molecule has 0 atom stereocenters. The fourth-order valence-corrected chi connectivity index (χ4v) is 2.28. The molecule has 26 heavy (non-hydrogen) atoms. The Labute approximate surface area is 151 Å². The number of rotatable bonds is 7. The van der Waals surface area contributed by atoms with E-state index in [4.69, 9.17) is 4.74 Å². The molecule has 0 unspecified atom stereocenters. The van der Waals surface area contributed by atoms with E-state index in [-0.39, 0.29) is 12.5 Å². The Balaban J connectivity index is 1.49. The zero-order valence-electron chi connectivity index (χ0n) is 14.4. The lowest BCUT2D eigenvalue weighted by atomic mass is 10.1. The average Bonchev–Trinajstić information content (AvgIpc) is 3.22. The number of ether oxygens (including phenoxy) is 1. The molecule has 0 aliphatic carbocycles. The maximum atomic E-state index is 11.8. The molecule has 0 aliphatic heterocycles. The van der Waals surface area contributed by atoms with Gasteiger partial charge in [-0.2, -0.15) is 10.2 Å². The maximum absolute atomic E-state index is 11.8. The second-order valence-electron chi connectivity index (χ2n) is 5.60. The van der Waals surface area contributed by atoms with Crippen LogP contribution in [-0.2, 0) is 16.1 Å². The third-order valence-electron chi connectivity index (χ3n) is 3.66. The maximum Gasteiger partial charge on any atom is 0.266 e. The third kappa shape index (κ3) is 4.84. The van der Waals surface area contributed by atoms with E-state index in [0.717, 1.165) is 16.8 Å². The quantitative estimate of drug-likeness (QED) is 0.524. The fourth-order valence-electron chi connectivity index (χ4n) is 2.28. The Morgan fingerprint density at radius 2 is 1.92 bits per heavy atom. The van der Waals surface area contributed by atoms with Crippen LogP contribution in [0, 0.1) is 0 Å². The predicted octanol–water partition coefficient (Wildman–Crippen LogP) is 2.32. The molecule has 7 heteroatoms. The van der Waals surface area contributed by atoms with Crippen molar-refractivity contribution in [1.29, 1.82) is 0 Å². The topological polar surface area (TPSA) is 81.4 Å². The second-order valence-corrected chi connectivity index (χ2v) is 5.60. The Morgan fingerprint density at radius 3 is 2.62 bits per heavy atom. The van der Waals surface area contributed by atoms with Gasteiger partial charge in [0, 0.05) is 0 Å². The largest absolute Gasteiger partial charge is 0.367 e. The number of hydrazone groups is 1. The van der Waals surface area contributed by atoms with Gasteiger partial charge in [0.1, 0.15) is 19.3 Å². The lowest BCUT2D eigenvalue weighted by Crippen LogP contribution is -2.24. The molecule has 1 N–H and O–H groups in total. The lowest BCUT2D eigenvalue weighted by Gasteiger charge is -2.06. The number of hydrogen-bond donors (Lipinski definition) is 1. The second kappa shape index (κ2) is 8.68. The molecule has 1 heterocycles. The molecule has 0 radical (unpaired) electrons. The van der Waals surface area contributed by atoms with Crippen molar-refractivity contribution in [2.45, 2.75) is 13.5 Å². The Morgan fingerprint density at radius 1 is 1.15 bits per heavy atom. The van der Waals surface area contributed by atoms with Gasteiger partial charge < -0.3 is 4.74 Å². The summed E-state index contributed by atoms with van der Waals surface area (Å²) in [6, 6.07) is 17.3. The normalized spacial score (nSPS) is 11.3. The Bertz CT molecular complexity index is 859. The molecular weight excluding hydrogens is 330 g/mol. The summed E-state index contributed by atoms with van der Waals surface area (Å²) in [5.41, 5.74) is 6.03. The molecular formula is C19H19N5O2. The van der Waals surface area contributed by atoms with Crippen LogP contribution in [0.1, 0.15) is 18.1 Å². The number of amides is 1. The van der Waals surface area contributed by atoms with Crippen LogP contribution >= 0.6 is 0 Å². The van der Waals surface area contributed by atoms with Crippen LogP contribution in [0.4, 0.5) is 0 Å². The summed E-state index contributed by atoms with van der Waals surface area (Å²) in [4.78, 5) is 15.7. The highest BCUT2D eigenvalue weighted by Crippen LogP contribution is 2.09. The molecule has 0 saturated carbocycles. The van der Waals surface area contributed by atoms with Gasteiger partial charge in [0.25, 0.3) is 5.91 Å². The number of aromatic nitrogens is 3. The van der Waals surface area contributed by atoms with Crippen LogP contribution in [0.5, 0.6) is 0 Å². The number of nitrogens with one attached hydrogen (secondary N) is 1. The molecule has 1 amide bonds. The molecule has 0 aliphatic rings. The predicted molar refractivity (Wildman–Crippen MR) is 97.8 cm³/mol. The highest BCUT2D eigenvalue weighted by atomic mass is 16.5. The van der Waals surface area contributed by atoms with Gasteiger partial charge in [-0.15, -0.1) is 0 Å². The van der Waals surface area contributed by atoms with E-state index in [0.29, 0.717) is 12.3 Å². The van der Waals surface area contributed by atoms with Crippen LogP contribution in [-0.4, -0.2) is 33.0 Å². The SMILES string of the molecule is C/C(=N\NC(=O)COCc1ccccc1)c1ccc(-n2cncn2)cc1. The molecule has 132 valence electrons. The molecule has 0 spiro atoms. The van der Waals surface area contributed by atoms with E-state index in [2.05, 4.69) is 20.6 Å². The number of hydrogen-bond acceptors (Lipinski definition) is 5. The summed E-state index contributed by atoms with van der Waals surface area (Å²) < 4.78 is 7.05. The first-order valence-electron chi connectivity index (χ1n) is 8.12. The average molecular weight is 349 g/mol. The highest BCUT2D eigenvalue weighted by Gasteiger charge is 2.03. The zero-order valence-corrected chi connectivity index (χ0v) is 14.4. The van der Waals surface area contributed by atoms with Crippen LogP contribution < -0.4 is 5.43 Å². The molecule has 3 rings (SSSR count). The molecule has 3 aromatic rings. The van der Waals surface area contributed by atoms with E-state index in [9.17, 15) is 4.79 Å². The van der Waals surface area contributed by atoms with E-state index < -0.39 is 0 Å². The Hall–Kier alpha value is -3.32. The van der Waals surface area contributed by atoms with Crippen molar-refractivity contribution in [1.82, 2.24) is 20.2 Å². The number of nitrogens with zero attached hydrogens (tertiary/aromatic N) is 4. The van der Waals surface area contributed by atoms with Crippen molar-refractivity contribution in [2.24, 2.45) is 5.10 Å². The summed E-state index contributed by atoms with van der Waals surface area (Å²) >= 11 is 0. The monoisotopic (exact) mass is 349 g/mol. The van der Waals surface area contributed by atoms with Gasteiger partial charge in [-0.3, -0.25) is 4.79 Å². The molecule has 0 fully saturated rings. The van der Waals surface area contributed by atoms with Crippen LogP contribution in [0.15, 0.2) is 72.4 Å². The van der Waals surface area contributed by atoms with Crippen molar-refractivity contribution < 1.29 is 9.53 Å². The molecule has 0 saturated heterocycles. The first-order chi connectivity index (χ1) is 12.7. The van der Waals surface area contributed by atoms with E-state index >= 15 is 0 Å². The summed E-state index contributed by atoms with van der Waals surface area (Å²) in [5.74, 6) is -0.292.